The number of benzene rings is 1. The Morgan fingerprint density at radius 3 is 2.96 bits per heavy atom. The molecular weight excluding hydrogens is 308 g/mol. The van der Waals surface area contributed by atoms with Gasteiger partial charge in [0.05, 0.1) is 23.8 Å². The quantitative estimate of drug-likeness (QED) is 0.600. The molecule has 1 aromatic carbocycles. The third kappa shape index (κ3) is 1.35. The lowest BCUT2D eigenvalue weighted by Gasteiger charge is -2.62. The number of methoxy groups -OCH3 is 1. The van der Waals surface area contributed by atoms with E-state index < -0.39 is 17.1 Å². The average Bonchev–Trinajstić information content (AvgIpc) is 2.93. The summed E-state index contributed by atoms with van der Waals surface area (Å²) in [6.07, 6.45) is 2.32. The highest BCUT2D eigenvalue weighted by atomic mass is 16.5. The lowest BCUT2D eigenvalue weighted by Crippen LogP contribution is -2.76. The van der Waals surface area contributed by atoms with Crippen molar-refractivity contribution in [3.63, 3.8) is 0 Å². The summed E-state index contributed by atoms with van der Waals surface area (Å²) >= 11 is 0. The molecule has 2 aliphatic carbocycles. The van der Waals surface area contributed by atoms with E-state index in [4.69, 9.17) is 9.47 Å². The van der Waals surface area contributed by atoms with Gasteiger partial charge in [-0.15, -0.1) is 0 Å². The predicted molar refractivity (Wildman–Crippen MR) is 87.2 cm³/mol. The van der Waals surface area contributed by atoms with Crippen molar-refractivity contribution in [1.82, 2.24) is 4.90 Å². The number of likely N-dealkylation sites (N-methyl/N-ethyl adjacent to an activating group) is 1. The van der Waals surface area contributed by atoms with E-state index in [-0.39, 0.29) is 6.04 Å². The molecule has 4 aliphatic rings. The molecule has 0 unspecified atom stereocenters. The Balaban J connectivity index is 1.85. The molecule has 0 aromatic heterocycles. The highest BCUT2D eigenvalue weighted by Gasteiger charge is 2.72. The minimum Gasteiger partial charge on any atom is -0.493 e. The summed E-state index contributed by atoms with van der Waals surface area (Å²) < 4.78 is 11.8. The zero-order valence-corrected chi connectivity index (χ0v) is 14.0. The standard InChI is InChI=1S/C18H22N2O4/c1-20-8-7-17-14-10-3-4-12(23-2)15(14)24-16(17)11(19-22)5-6-18(17,21)13(20)9-10/h3-4,13,16,21-22H,5-9H2,1-2H3/t13-,16+,17+,18-/m1/s1. The van der Waals surface area contributed by atoms with E-state index in [0.29, 0.717) is 24.3 Å². The summed E-state index contributed by atoms with van der Waals surface area (Å²) in [4.78, 5) is 2.27. The van der Waals surface area contributed by atoms with Gasteiger partial charge in [0.15, 0.2) is 17.6 Å². The van der Waals surface area contributed by atoms with Crippen LogP contribution in [-0.4, -0.2) is 59.4 Å². The molecule has 128 valence electrons. The maximum atomic E-state index is 11.9. The number of oxime groups is 1. The van der Waals surface area contributed by atoms with Gasteiger partial charge in [-0.1, -0.05) is 11.2 Å². The molecule has 1 saturated carbocycles. The third-order valence-corrected chi connectivity index (χ3v) is 6.88. The first kappa shape index (κ1) is 14.5. The van der Waals surface area contributed by atoms with Crippen molar-refractivity contribution in [2.24, 2.45) is 5.16 Å². The van der Waals surface area contributed by atoms with E-state index in [9.17, 15) is 10.3 Å². The van der Waals surface area contributed by atoms with Gasteiger partial charge in [-0.3, -0.25) is 0 Å². The van der Waals surface area contributed by atoms with Crippen LogP contribution in [0.15, 0.2) is 17.3 Å². The van der Waals surface area contributed by atoms with Gasteiger partial charge in [0, 0.05) is 11.6 Å². The lowest BCUT2D eigenvalue weighted by atomic mass is 9.49. The van der Waals surface area contributed by atoms with Crippen molar-refractivity contribution in [2.75, 3.05) is 20.7 Å². The van der Waals surface area contributed by atoms with Gasteiger partial charge in [-0.2, -0.15) is 0 Å². The highest BCUT2D eigenvalue weighted by molar-refractivity contribution is 5.94. The van der Waals surface area contributed by atoms with Gasteiger partial charge in [0.2, 0.25) is 0 Å². The molecule has 6 nitrogen and oxygen atoms in total. The molecule has 1 aromatic rings. The zero-order valence-electron chi connectivity index (χ0n) is 14.0. The molecule has 0 radical (unpaired) electrons. The molecule has 1 saturated heterocycles. The van der Waals surface area contributed by atoms with Crippen LogP contribution >= 0.6 is 0 Å². The first-order valence-corrected chi connectivity index (χ1v) is 8.57. The Morgan fingerprint density at radius 1 is 1.38 bits per heavy atom. The van der Waals surface area contributed by atoms with Gasteiger partial charge < -0.3 is 24.7 Å². The summed E-state index contributed by atoms with van der Waals surface area (Å²) in [5, 5.41) is 24.9. The van der Waals surface area contributed by atoms with E-state index in [1.807, 2.05) is 6.07 Å². The Labute approximate surface area is 140 Å². The van der Waals surface area contributed by atoms with Crippen LogP contribution in [0.5, 0.6) is 11.5 Å². The fraction of sp³-hybridized carbons (Fsp3) is 0.611. The number of rotatable bonds is 1. The van der Waals surface area contributed by atoms with Crippen LogP contribution in [0.4, 0.5) is 0 Å². The molecule has 2 aliphatic heterocycles. The van der Waals surface area contributed by atoms with Gasteiger partial charge in [-0.05, 0) is 50.9 Å². The van der Waals surface area contributed by atoms with Crippen molar-refractivity contribution < 1.29 is 19.8 Å². The van der Waals surface area contributed by atoms with E-state index in [0.717, 1.165) is 30.7 Å². The van der Waals surface area contributed by atoms with Crippen LogP contribution in [0.3, 0.4) is 0 Å². The van der Waals surface area contributed by atoms with Crippen LogP contribution in [0.2, 0.25) is 0 Å². The molecule has 1 spiro atoms. The van der Waals surface area contributed by atoms with Crippen LogP contribution in [0.25, 0.3) is 0 Å². The molecule has 2 heterocycles. The van der Waals surface area contributed by atoms with E-state index in [1.165, 1.54) is 5.56 Å². The van der Waals surface area contributed by atoms with Gasteiger partial charge in [0.25, 0.3) is 0 Å². The van der Waals surface area contributed by atoms with E-state index in [1.54, 1.807) is 7.11 Å². The molecule has 4 atom stereocenters. The minimum atomic E-state index is -0.872. The summed E-state index contributed by atoms with van der Waals surface area (Å²) in [7, 11) is 3.72. The molecular formula is C18H22N2O4. The SMILES string of the molecule is COc1ccc2c3c1O[C@H]1C(=NO)CC[C@@]4(O)[C@@H](C2)N(C)CC[C@]314. The van der Waals surface area contributed by atoms with Crippen molar-refractivity contribution >= 4 is 5.71 Å². The Hall–Kier alpha value is -1.79. The first-order valence-electron chi connectivity index (χ1n) is 8.57. The molecule has 2 N–H and O–H groups in total. The van der Waals surface area contributed by atoms with Crippen molar-refractivity contribution in [1.29, 1.82) is 0 Å². The second-order valence-electron chi connectivity index (χ2n) is 7.57. The molecule has 0 amide bonds. The Bertz CT molecular complexity index is 764. The maximum Gasteiger partial charge on any atom is 0.166 e. The molecule has 6 heteroatoms. The predicted octanol–water partition coefficient (Wildman–Crippen LogP) is 1.31. The third-order valence-electron chi connectivity index (χ3n) is 6.88. The lowest BCUT2D eigenvalue weighted by molar-refractivity contribution is -0.161. The largest absolute Gasteiger partial charge is 0.493 e. The number of aliphatic hydroxyl groups is 1. The number of likely N-dealkylation sites (tertiary alicyclic amines) is 1. The van der Waals surface area contributed by atoms with Crippen molar-refractivity contribution in [3.05, 3.63) is 23.3 Å². The van der Waals surface area contributed by atoms with Crippen molar-refractivity contribution in [3.8, 4) is 11.5 Å². The Morgan fingerprint density at radius 2 is 2.21 bits per heavy atom. The normalized spacial score (nSPS) is 41.0. The monoisotopic (exact) mass is 330 g/mol. The Kier molecular flexibility index (Phi) is 2.69. The van der Waals surface area contributed by atoms with E-state index >= 15 is 0 Å². The van der Waals surface area contributed by atoms with Crippen LogP contribution in [0, 0.1) is 0 Å². The molecule has 2 fully saturated rings. The number of ether oxygens (including phenoxy) is 2. The summed E-state index contributed by atoms with van der Waals surface area (Å²) in [6.45, 7) is 0.891. The fourth-order valence-corrected chi connectivity index (χ4v) is 5.80. The highest BCUT2D eigenvalue weighted by Crippen LogP contribution is 2.64. The zero-order chi connectivity index (χ0) is 16.7. The number of piperidine rings is 1. The second-order valence-corrected chi connectivity index (χ2v) is 7.57. The van der Waals surface area contributed by atoms with Gasteiger partial charge in [0.1, 0.15) is 0 Å². The number of nitrogens with zero attached hydrogens (tertiary/aromatic N) is 2. The van der Waals surface area contributed by atoms with Gasteiger partial charge >= 0.3 is 0 Å². The summed E-state index contributed by atoms with van der Waals surface area (Å²) in [5.74, 6) is 1.42. The van der Waals surface area contributed by atoms with Crippen LogP contribution in [-0.2, 0) is 11.8 Å². The fourth-order valence-electron chi connectivity index (χ4n) is 5.80. The molecule has 2 bridgehead atoms. The number of hydrogen-bond donors (Lipinski definition) is 2. The molecule has 5 rings (SSSR count). The summed E-state index contributed by atoms with van der Waals surface area (Å²) in [5.41, 5.74) is 1.52. The smallest absolute Gasteiger partial charge is 0.166 e. The van der Waals surface area contributed by atoms with Gasteiger partial charge in [-0.25, -0.2) is 0 Å². The topological polar surface area (TPSA) is 74.5 Å². The van der Waals surface area contributed by atoms with Crippen LogP contribution < -0.4 is 9.47 Å². The minimum absolute atomic E-state index is 0.0597. The van der Waals surface area contributed by atoms with E-state index in [2.05, 4.69) is 23.2 Å². The maximum absolute atomic E-state index is 11.9. The second kappa shape index (κ2) is 4.43. The average molecular weight is 330 g/mol. The number of hydrogen-bond acceptors (Lipinski definition) is 6. The molecule has 24 heavy (non-hydrogen) atoms. The van der Waals surface area contributed by atoms with Crippen LogP contribution in [0.1, 0.15) is 30.4 Å². The first-order chi connectivity index (χ1) is 11.6. The van der Waals surface area contributed by atoms with Crippen molar-refractivity contribution in [2.45, 2.75) is 48.8 Å². The summed E-state index contributed by atoms with van der Waals surface area (Å²) in [6, 6.07) is 4.10.